The standard InChI is InChI=1S/C29H21F3N2S/c1-28(2,3)24-14-20(11-19-10-18-8-9-35-25(18)15-21(19)24)26-22-12-16-6-4-5-7-17(16)13-23(22)27(34-33-26)29(30,31)32/h4-15H,1-3H3. The third-order valence-corrected chi connectivity index (χ3v) is 7.40. The van der Waals surface area contributed by atoms with E-state index in [1.165, 1.54) is 4.70 Å². The Labute approximate surface area is 204 Å². The first-order chi connectivity index (χ1) is 16.6. The van der Waals surface area contributed by atoms with Crippen molar-refractivity contribution in [2.75, 3.05) is 0 Å². The Hall–Kier alpha value is -3.51. The normalized spacial score (nSPS) is 12.9. The second kappa shape index (κ2) is 7.49. The zero-order valence-corrected chi connectivity index (χ0v) is 20.2. The molecule has 2 aromatic heterocycles. The summed E-state index contributed by atoms with van der Waals surface area (Å²) in [6.45, 7) is 6.44. The van der Waals surface area contributed by atoms with Gasteiger partial charge in [-0.2, -0.15) is 13.2 Å². The minimum absolute atomic E-state index is 0.0619. The molecule has 0 aliphatic carbocycles. The Morgan fingerprint density at radius 2 is 1.40 bits per heavy atom. The number of rotatable bonds is 1. The molecule has 4 aromatic carbocycles. The van der Waals surface area contributed by atoms with Gasteiger partial charge in [-0.25, -0.2) is 0 Å². The SMILES string of the molecule is CC(C)(C)c1cc(-c2nnc(C(F)(F)F)c3cc4ccccc4cc23)cc2cc3ccsc3cc12. The van der Waals surface area contributed by atoms with Crippen molar-refractivity contribution in [3.05, 3.63) is 83.4 Å². The Morgan fingerprint density at radius 3 is 2.09 bits per heavy atom. The largest absolute Gasteiger partial charge is 0.435 e. The van der Waals surface area contributed by atoms with Gasteiger partial charge in [0.25, 0.3) is 0 Å². The number of fused-ring (bicyclic) bond motifs is 4. The maximum atomic E-state index is 13.9. The zero-order valence-electron chi connectivity index (χ0n) is 19.4. The fourth-order valence-corrected chi connectivity index (χ4v) is 5.65. The minimum atomic E-state index is -4.60. The molecule has 0 radical (unpaired) electrons. The molecule has 35 heavy (non-hydrogen) atoms. The van der Waals surface area contributed by atoms with Crippen LogP contribution in [0.2, 0.25) is 0 Å². The number of thiophene rings is 1. The van der Waals surface area contributed by atoms with Crippen LogP contribution in [-0.2, 0) is 11.6 Å². The summed E-state index contributed by atoms with van der Waals surface area (Å²) in [4.78, 5) is 0. The van der Waals surface area contributed by atoms with Crippen LogP contribution < -0.4 is 0 Å². The van der Waals surface area contributed by atoms with Gasteiger partial charge in [0.05, 0.1) is 0 Å². The number of alkyl halides is 3. The van der Waals surface area contributed by atoms with Gasteiger partial charge in [-0.3, -0.25) is 0 Å². The number of nitrogens with zero attached hydrogens (tertiary/aromatic N) is 2. The minimum Gasteiger partial charge on any atom is -0.164 e. The van der Waals surface area contributed by atoms with Crippen LogP contribution in [0.25, 0.3) is 53.7 Å². The van der Waals surface area contributed by atoms with Crippen molar-refractivity contribution in [2.24, 2.45) is 0 Å². The summed E-state index contributed by atoms with van der Waals surface area (Å²) in [6, 6.07) is 21.3. The van der Waals surface area contributed by atoms with Gasteiger partial charge in [-0.15, -0.1) is 21.5 Å². The van der Waals surface area contributed by atoms with Gasteiger partial charge >= 0.3 is 6.18 Å². The Kier molecular flexibility index (Phi) is 4.71. The van der Waals surface area contributed by atoms with Crippen LogP contribution in [0.5, 0.6) is 0 Å². The second-order valence-corrected chi connectivity index (χ2v) is 10.9. The lowest BCUT2D eigenvalue weighted by Gasteiger charge is -2.23. The van der Waals surface area contributed by atoms with E-state index in [9.17, 15) is 13.2 Å². The van der Waals surface area contributed by atoms with E-state index in [1.807, 2.05) is 30.3 Å². The predicted octanol–water partition coefficient (Wildman–Crippen LogP) is 9.13. The Morgan fingerprint density at radius 1 is 0.686 bits per heavy atom. The summed E-state index contributed by atoms with van der Waals surface area (Å²) in [5, 5.41) is 15.4. The fraction of sp³-hybridized carbons (Fsp3) is 0.172. The summed E-state index contributed by atoms with van der Waals surface area (Å²) >= 11 is 1.70. The Bertz CT molecular complexity index is 1780. The van der Waals surface area contributed by atoms with Crippen molar-refractivity contribution in [1.29, 1.82) is 0 Å². The molecule has 2 heterocycles. The molecule has 0 saturated heterocycles. The van der Waals surface area contributed by atoms with Crippen LogP contribution in [0, 0.1) is 0 Å². The van der Waals surface area contributed by atoms with Crippen molar-refractivity contribution in [1.82, 2.24) is 10.2 Å². The van der Waals surface area contributed by atoms with Crippen molar-refractivity contribution >= 4 is 53.7 Å². The molecule has 0 bridgehead atoms. The van der Waals surface area contributed by atoms with E-state index in [0.717, 1.165) is 38.1 Å². The monoisotopic (exact) mass is 486 g/mol. The fourth-order valence-electron chi connectivity index (χ4n) is 4.84. The molecular weight excluding hydrogens is 465 g/mol. The topological polar surface area (TPSA) is 25.8 Å². The van der Waals surface area contributed by atoms with Crippen LogP contribution in [0.4, 0.5) is 13.2 Å². The molecule has 6 aromatic rings. The van der Waals surface area contributed by atoms with Crippen LogP contribution in [-0.4, -0.2) is 10.2 Å². The summed E-state index contributed by atoms with van der Waals surface area (Å²) in [5.41, 5.74) is 1.20. The van der Waals surface area contributed by atoms with Gasteiger partial charge in [0.2, 0.25) is 0 Å². The van der Waals surface area contributed by atoms with E-state index >= 15 is 0 Å². The molecule has 0 N–H and O–H groups in total. The molecule has 174 valence electrons. The average molecular weight is 487 g/mol. The molecule has 6 heteroatoms. The molecule has 0 aliphatic heterocycles. The van der Waals surface area contributed by atoms with E-state index in [-0.39, 0.29) is 10.8 Å². The van der Waals surface area contributed by atoms with Crippen LogP contribution in [0.1, 0.15) is 32.0 Å². The van der Waals surface area contributed by atoms with Gasteiger partial charge in [0, 0.05) is 21.0 Å². The highest BCUT2D eigenvalue weighted by molar-refractivity contribution is 7.17. The van der Waals surface area contributed by atoms with E-state index in [2.05, 4.69) is 60.6 Å². The first kappa shape index (κ1) is 22.0. The molecular formula is C29H21F3N2S. The first-order valence-electron chi connectivity index (χ1n) is 11.3. The van der Waals surface area contributed by atoms with Crippen molar-refractivity contribution in [3.63, 3.8) is 0 Å². The summed E-state index contributed by atoms with van der Waals surface area (Å²) in [5.74, 6) is 0. The van der Waals surface area contributed by atoms with Gasteiger partial charge in [0.1, 0.15) is 5.69 Å². The molecule has 0 atom stereocenters. The van der Waals surface area contributed by atoms with Crippen molar-refractivity contribution < 1.29 is 13.2 Å². The van der Waals surface area contributed by atoms with Crippen LogP contribution in [0.15, 0.2) is 72.1 Å². The van der Waals surface area contributed by atoms with Crippen molar-refractivity contribution in [3.8, 4) is 11.3 Å². The number of halogens is 3. The molecule has 6 rings (SSSR count). The number of aromatic nitrogens is 2. The van der Waals surface area contributed by atoms with Gasteiger partial charge in [0.15, 0.2) is 5.69 Å². The van der Waals surface area contributed by atoms with E-state index in [0.29, 0.717) is 11.1 Å². The highest BCUT2D eigenvalue weighted by Gasteiger charge is 2.36. The lowest BCUT2D eigenvalue weighted by atomic mass is 9.82. The molecule has 0 unspecified atom stereocenters. The smallest absolute Gasteiger partial charge is 0.164 e. The third-order valence-electron chi connectivity index (χ3n) is 6.52. The molecule has 2 nitrogen and oxygen atoms in total. The van der Waals surface area contributed by atoms with Crippen LogP contribution >= 0.6 is 11.3 Å². The first-order valence-corrected chi connectivity index (χ1v) is 12.2. The van der Waals surface area contributed by atoms with Gasteiger partial charge in [-0.05, 0) is 85.8 Å². The number of hydrogen-bond acceptors (Lipinski definition) is 3. The summed E-state index contributed by atoms with van der Waals surface area (Å²) in [7, 11) is 0. The second-order valence-electron chi connectivity index (χ2n) is 9.95. The van der Waals surface area contributed by atoms with E-state index < -0.39 is 11.9 Å². The summed E-state index contributed by atoms with van der Waals surface area (Å²) < 4.78 is 42.9. The molecule has 0 fully saturated rings. The molecule has 0 amide bonds. The molecule has 0 aliphatic rings. The maximum Gasteiger partial charge on any atom is 0.435 e. The number of benzene rings is 4. The molecule has 0 saturated carbocycles. The predicted molar refractivity (Wildman–Crippen MR) is 139 cm³/mol. The Balaban J connectivity index is 1.72. The quantitative estimate of drug-likeness (QED) is 0.217. The third kappa shape index (κ3) is 3.64. The number of hydrogen-bond donors (Lipinski definition) is 0. The van der Waals surface area contributed by atoms with Crippen molar-refractivity contribution in [2.45, 2.75) is 32.4 Å². The lowest BCUT2D eigenvalue weighted by molar-refractivity contribution is -0.140. The average Bonchev–Trinajstić information content (AvgIpc) is 3.26. The highest BCUT2D eigenvalue weighted by Crippen LogP contribution is 2.41. The zero-order chi connectivity index (χ0) is 24.5. The lowest BCUT2D eigenvalue weighted by Crippen LogP contribution is -2.13. The van der Waals surface area contributed by atoms with Crippen LogP contribution in [0.3, 0.4) is 0 Å². The van der Waals surface area contributed by atoms with E-state index in [1.54, 1.807) is 23.5 Å². The van der Waals surface area contributed by atoms with Gasteiger partial charge < -0.3 is 0 Å². The van der Waals surface area contributed by atoms with Gasteiger partial charge in [-0.1, -0.05) is 45.0 Å². The van der Waals surface area contributed by atoms with E-state index in [4.69, 9.17) is 0 Å². The highest BCUT2D eigenvalue weighted by atomic mass is 32.1. The molecule has 0 spiro atoms. The summed E-state index contributed by atoms with van der Waals surface area (Å²) in [6.07, 6.45) is -4.60. The maximum absolute atomic E-state index is 13.9.